The van der Waals surface area contributed by atoms with Crippen molar-refractivity contribution >= 4 is 37.5 Å². The Morgan fingerprint density at radius 1 is 1.10 bits per heavy atom. The van der Waals surface area contributed by atoms with Gasteiger partial charge in [0.2, 0.25) is 10.0 Å². The topological polar surface area (TPSA) is 57.7 Å². The lowest BCUT2D eigenvalue weighted by Crippen LogP contribution is -2.42. The van der Waals surface area contributed by atoms with Crippen LogP contribution in [0.5, 0.6) is 0 Å². The zero-order valence-electron chi connectivity index (χ0n) is 17.2. The molecule has 156 valence electrons. The Morgan fingerprint density at radius 3 is 2.38 bits per heavy atom. The van der Waals surface area contributed by atoms with Gasteiger partial charge in [0.1, 0.15) is 0 Å². The van der Waals surface area contributed by atoms with Gasteiger partial charge in [0, 0.05) is 35.9 Å². The molecule has 0 bridgehead atoms. The van der Waals surface area contributed by atoms with E-state index >= 15 is 0 Å². The van der Waals surface area contributed by atoms with Gasteiger partial charge in [-0.2, -0.15) is 4.31 Å². The molecule has 0 spiro atoms. The smallest absolute Gasteiger partial charge is 0.258 e. The summed E-state index contributed by atoms with van der Waals surface area (Å²) >= 11 is 3.43. The van der Waals surface area contributed by atoms with Crippen LogP contribution >= 0.6 is 15.9 Å². The number of amides is 1. The van der Waals surface area contributed by atoms with E-state index < -0.39 is 10.0 Å². The minimum atomic E-state index is -3.63. The quantitative estimate of drug-likeness (QED) is 0.639. The fourth-order valence-corrected chi connectivity index (χ4v) is 6.24. The summed E-state index contributed by atoms with van der Waals surface area (Å²) in [4.78, 5) is 14.8. The number of rotatable bonds is 4. The predicted octanol–water partition coefficient (Wildman–Crippen LogP) is 4.70. The zero-order chi connectivity index (χ0) is 21.3. The largest absolute Gasteiger partial charge is 0.311 e. The molecule has 3 rings (SSSR count). The lowest BCUT2D eigenvalue weighted by Gasteiger charge is -2.34. The summed E-state index contributed by atoms with van der Waals surface area (Å²) in [6.07, 6.45) is 1.03. The lowest BCUT2D eigenvalue weighted by atomic mass is 9.94. The first-order valence-corrected chi connectivity index (χ1v) is 12.0. The van der Waals surface area contributed by atoms with Crippen molar-refractivity contribution in [3.63, 3.8) is 0 Å². The average Bonchev–Trinajstić information content (AvgIpc) is 2.66. The summed E-state index contributed by atoms with van der Waals surface area (Å²) in [5.41, 5.74) is 2.09. The molecule has 1 aliphatic heterocycles. The zero-order valence-corrected chi connectivity index (χ0v) is 19.6. The Kier molecular flexibility index (Phi) is 6.51. The number of carbonyl (C=O) groups is 1. The molecule has 2 aromatic rings. The Hall–Kier alpha value is -1.70. The lowest BCUT2D eigenvalue weighted by molar-refractivity contribution is 0.0992. The van der Waals surface area contributed by atoms with Crippen LogP contribution in [0.1, 0.15) is 36.2 Å². The number of carbonyl (C=O) groups excluding carboxylic acids is 1. The van der Waals surface area contributed by atoms with Crippen molar-refractivity contribution in [1.82, 2.24) is 4.31 Å². The van der Waals surface area contributed by atoms with Crippen LogP contribution in [-0.4, -0.2) is 38.8 Å². The molecular formula is C22H27BrN2O3S. The molecule has 0 N–H and O–H groups in total. The summed E-state index contributed by atoms with van der Waals surface area (Å²) in [6, 6.07) is 12.1. The maximum atomic E-state index is 13.2. The molecule has 0 radical (unpaired) electrons. The highest BCUT2D eigenvalue weighted by Crippen LogP contribution is 2.28. The monoisotopic (exact) mass is 478 g/mol. The van der Waals surface area contributed by atoms with Crippen LogP contribution in [0, 0.1) is 18.8 Å². The molecule has 2 atom stereocenters. The van der Waals surface area contributed by atoms with Crippen molar-refractivity contribution in [2.24, 2.45) is 11.8 Å². The predicted molar refractivity (Wildman–Crippen MR) is 120 cm³/mol. The first-order valence-electron chi connectivity index (χ1n) is 9.74. The molecule has 5 nitrogen and oxygen atoms in total. The van der Waals surface area contributed by atoms with E-state index in [0.29, 0.717) is 30.5 Å². The number of nitrogens with zero attached hydrogens (tertiary/aromatic N) is 2. The van der Waals surface area contributed by atoms with Gasteiger partial charge >= 0.3 is 0 Å². The van der Waals surface area contributed by atoms with Gasteiger partial charge in [0.05, 0.1) is 4.90 Å². The average molecular weight is 479 g/mol. The van der Waals surface area contributed by atoms with Crippen LogP contribution < -0.4 is 4.90 Å². The molecular weight excluding hydrogens is 452 g/mol. The molecule has 29 heavy (non-hydrogen) atoms. The van der Waals surface area contributed by atoms with E-state index in [1.54, 1.807) is 34.5 Å². The maximum absolute atomic E-state index is 13.2. The van der Waals surface area contributed by atoms with Gasteiger partial charge in [-0.15, -0.1) is 0 Å². The van der Waals surface area contributed by atoms with Gasteiger partial charge in [-0.05, 0) is 67.1 Å². The van der Waals surface area contributed by atoms with Crippen molar-refractivity contribution in [2.75, 3.05) is 25.0 Å². The van der Waals surface area contributed by atoms with Gasteiger partial charge < -0.3 is 4.90 Å². The van der Waals surface area contributed by atoms with E-state index in [-0.39, 0.29) is 10.8 Å². The first-order chi connectivity index (χ1) is 13.6. The van der Waals surface area contributed by atoms with Crippen molar-refractivity contribution in [1.29, 1.82) is 0 Å². The van der Waals surface area contributed by atoms with Crippen LogP contribution in [0.15, 0.2) is 51.8 Å². The van der Waals surface area contributed by atoms with E-state index in [1.807, 2.05) is 25.1 Å². The molecule has 1 fully saturated rings. The SMILES string of the molecule is Cc1cc(Br)ccc1N(C)C(=O)c1cccc(S(=O)(=O)N2CC(C)CC(C)C2)c1. The van der Waals surface area contributed by atoms with E-state index in [1.165, 1.54) is 6.07 Å². The molecule has 2 aromatic carbocycles. The summed E-state index contributed by atoms with van der Waals surface area (Å²) < 4.78 is 28.9. The van der Waals surface area contributed by atoms with E-state index in [4.69, 9.17) is 0 Å². The third-order valence-electron chi connectivity index (χ3n) is 5.38. The second kappa shape index (κ2) is 8.58. The van der Waals surface area contributed by atoms with E-state index in [0.717, 1.165) is 22.1 Å². The molecule has 1 amide bonds. The molecule has 0 aromatic heterocycles. The van der Waals surface area contributed by atoms with Crippen LogP contribution in [0.25, 0.3) is 0 Å². The van der Waals surface area contributed by atoms with Crippen LogP contribution in [-0.2, 0) is 10.0 Å². The second-order valence-corrected chi connectivity index (χ2v) is 10.9. The highest BCUT2D eigenvalue weighted by molar-refractivity contribution is 9.10. The van der Waals surface area contributed by atoms with Gasteiger partial charge in [-0.3, -0.25) is 4.79 Å². The first kappa shape index (κ1) is 22.0. The molecule has 2 unspecified atom stereocenters. The molecule has 0 aliphatic carbocycles. The highest BCUT2D eigenvalue weighted by atomic mass is 79.9. The summed E-state index contributed by atoms with van der Waals surface area (Å²) in [6.45, 7) is 7.12. The summed E-state index contributed by atoms with van der Waals surface area (Å²) in [5, 5.41) is 0. The third kappa shape index (κ3) is 4.73. The Morgan fingerprint density at radius 2 is 1.76 bits per heavy atom. The van der Waals surface area contributed by atoms with Crippen LogP contribution in [0.4, 0.5) is 5.69 Å². The molecule has 1 saturated heterocycles. The number of hydrogen-bond acceptors (Lipinski definition) is 3. The van der Waals surface area contributed by atoms with Crippen LogP contribution in [0.2, 0.25) is 0 Å². The van der Waals surface area contributed by atoms with Gasteiger partial charge in [0.25, 0.3) is 5.91 Å². The third-order valence-corrected chi connectivity index (χ3v) is 7.70. The minimum absolute atomic E-state index is 0.172. The molecule has 1 heterocycles. The fraction of sp³-hybridized carbons (Fsp3) is 0.409. The normalized spacial score (nSPS) is 20.4. The van der Waals surface area contributed by atoms with Crippen molar-refractivity contribution in [3.05, 3.63) is 58.1 Å². The van der Waals surface area contributed by atoms with Crippen LogP contribution in [0.3, 0.4) is 0 Å². The number of anilines is 1. The molecule has 7 heteroatoms. The number of hydrogen-bond donors (Lipinski definition) is 0. The van der Waals surface area contributed by atoms with Crippen molar-refractivity contribution in [2.45, 2.75) is 32.1 Å². The molecule has 1 aliphatic rings. The Bertz CT molecular complexity index is 1010. The summed E-state index contributed by atoms with van der Waals surface area (Å²) in [7, 11) is -1.93. The maximum Gasteiger partial charge on any atom is 0.258 e. The number of halogens is 1. The van der Waals surface area contributed by atoms with E-state index in [2.05, 4.69) is 29.8 Å². The number of benzene rings is 2. The van der Waals surface area contributed by atoms with E-state index in [9.17, 15) is 13.2 Å². The second-order valence-electron chi connectivity index (χ2n) is 8.09. The minimum Gasteiger partial charge on any atom is -0.311 e. The van der Waals surface area contributed by atoms with Gasteiger partial charge in [-0.1, -0.05) is 35.8 Å². The van der Waals surface area contributed by atoms with Gasteiger partial charge in [-0.25, -0.2) is 8.42 Å². The van der Waals surface area contributed by atoms with Crippen molar-refractivity contribution in [3.8, 4) is 0 Å². The Balaban J connectivity index is 1.89. The standard InChI is InChI=1S/C22H27BrN2O3S/c1-15-10-16(2)14-25(13-15)29(27,28)20-7-5-6-18(12-20)22(26)24(4)21-9-8-19(23)11-17(21)3/h5-9,11-12,15-16H,10,13-14H2,1-4H3. The highest BCUT2D eigenvalue weighted by Gasteiger charge is 2.32. The molecule has 0 saturated carbocycles. The van der Waals surface area contributed by atoms with Crippen molar-refractivity contribution < 1.29 is 13.2 Å². The summed E-state index contributed by atoms with van der Waals surface area (Å²) in [5.74, 6) is 0.405. The Labute approximate surface area is 181 Å². The fourth-order valence-electron chi connectivity index (χ4n) is 4.04. The van der Waals surface area contributed by atoms with Gasteiger partial charge in [0.15, 0.2) is 0 Å². The number of piperidine rings is 1. The number of sulfonamides is 1. The number of aryl methyl sites for hydroxylation is 1.